The third-order valence-electron chi connectivity index (χ3n) is 8.21. The van der Waals surface area contributed by atoms with E-state index in [1.165, 1.54) is 23.1 Å². The third kappa shape index (κ3) is 7.86. The standard InChI is InChI=1S/C37H40N2O4S2/c1-6-43-36(42)31-29-20-19-26(37(3,4)5)21-30(29)45-35(31)39-34(41)32(24-11-8-7-9-12-24)44-28-14-10-13-27(22-28)38-33(40)25-17-15-23(2)16-18-25/h7-18,22,26,32H,6,19-21H2,1-5H3,(H,38,40)(H,39,41). The van der Waals surface area contributed by atoms with E-state index in [4.69, 9.17) is 4.74 Å². The van der Waals surface area contributed by atoms with E-state index in [2.05, 4.69) is 31.4 Å². The number of rotatable bonds is 9. The van der Waals surface area contributed by atoms with Gasteiger partial charge in [-0.05, 0) is 85.9 Å². The number of thiophene rings is 1. The van der Waals surface area contributed by atoms with Crippen molar-refractivity contribution in [2.75, 3.05) is 17.2 Å². The molecule has 1 aliphatic rings. The normalized spacial score (nSPS) is 15.1. The minimum atomic E-state index is -0.606. The van der Waals surface area contributed by atoms with Crippen LogP contribution in [0.25, 0.3) is 0 Å². The Morgan fingerprint density at radius 3 is 2.40 bits per heavy atom. The number of amides is 2. The largest absolute Gasteiger partial charge is 0.462 e. The number of carbonyl (C=O) groups is 3. The molecule has 8 heteroatoms. The highest BCUT2D eigenvalue weighted by Crippen LogP contribution is 2.45. The first-order valence-corrected chi connectivity index (χ1v) is 17.0. The summed E-state index contributed by atoms with van der Waals surface area (Å²) in [5, 5.41) is 6.06. The van der Waals surface area contributed by atoms with Crippen LogP contribution in [0.4, 0.5) is 10.7 Å². The van der Waals surface area contributed by atoms with Crippen LogP contribution in [0.1, 0.15) is 81.6 Å². The molecule has 0 fully saturated rings. The van der Waals surface area contributed by atoms with E-state index in [-0.39, 0.29) is 29.8 Å². The number of hydrogen-bond acceptors (Lipinski definition) is 6. The second kappa shape index (κ2) is 14.0. The van der Waals surface area contributed by atoms with Gasteiger partial charge in [0, 0.05) is 21.0 Å². The molecule has 2 amide bonds. The van der Waals surface area contributed by atoms with E-state index in [0.717, 1.165) is 45.7 Å². The van der Waals surface area contributed by atoms with Gasteiger partial charge in [-0.25, -0.2) is 4.79 Å². The first-order chi connectivity index (χ1) is 21.5. The predicted octanol–water partition coefficient (Wildman–Crippen LogP) is 9.11. The predicted molar refractivity (Wildman–Crippen MR) is 184 cm³/mol. The quantitative estimate of drug-likeness (QED) is 0.141. The Kier molecular flexibility index (Phi) is 10.1. The maximum absolute atomic E-state index is 14.1. The van der Waals surface area contributed by atoms with Gasteiger partial charge in [0.05, 0.1) is 12.2 Å². The Morgan fingerprint density at radius 1 is 0.978 bits per heavy atom. The van der Waals surface area contributed by atoms with E-state index in [0.29, 0.717) is 27.7 Å². The van der Waals surface area contributed by atoms with Crippen molar-refractivity contribution in [3.63, 3.8) is 0 Å². The fourth-order valence-corrected chi connectivity index (χ4v) is 8.00. The van der Waals surface area contributed by atoms with E-state index in [1.807, 2.05) is 73.7 Å². The van der Waals surface area contributed by atoms with Crippen LogP contribution >= 0.6 is 23.1 Å². The maximum atomic E-state index is 14.1. The lowest BCUT2D eigenvalue weighted by Gasteiger charge is -2.33. The second-order valence-electron chi connectivity index (χ2n) is 12.5. The first-order valence-electron chi connectivity index (χ1n) is 15.4. The van der Waals surface area contributed by atoms with Gasteiger partial charge < -0.3 is 15.4 Å². The Morgan fingerprint density at radius 2 is 1.71 bits per heavy atom. The van der Waals surface area contributed by atoms with Gasteiger partial charge >= 0.3 is 5.97 Å². The van der Waals surface area contributed by atoms with E-state index in [9.17, 15) is 14.4 Å². The second-order valence-corrected chi connectivity index (χ2v) is 14.8. The number of nitrogens with one attached hydrogen (secondary N) is 2. The molecule has 2 N–H and O–H groups in total. The summed E-state index contributed by atoms with van der Waals surface area (Å²) >= 11 is 2.90. The number of ether oxygens (including phenoxy) is 1. The molecule has 1 aromatic heterocycles. The maximum Gasteiger partial charge on any atom is 0.341 e. The monoisotopic (exact) mass is 640 g/mol. The van der Waals surface area contributed by atoms with Crippen LogP contribution in [0.5, 0.6) is 0 Å². The molecule has 0 radical (unpaired) electrons. The van der Waals surface area contributed by atoms with E-state index >= 15 is 0 Å². The molecule has 5 rings (SSSR count). The van der Waals surface area contributed by atoms with Crippen LogP contribution < -0.4 is 10.6 Å². The lowest BCUT2D eigenvalue weighted by atomic mass is 9.72. The molecule has 0 bridgehead atoms. The van der Waals surface area contributed by atoms with Gasteiger partial charge in [-0.3, -0.25) is 9.59 Å². The van der Waals surface area contributed by atoms with Crippen molar-refractivity contribution >= 4 is 51.6 Å². The Bertz CT molecular complexity index is 1670. The minimum absolute atomic E-state index is 0.151. The molecule has 2 unspecified atom stereocenters. The molecule has 1 aliphatic carbocycles. The highest BCUT2D eigenvalue weighted by molar-refractivity contribution is 8.00. The molecule has 0 saturated heterocycles. The van der Waals surface area contributed by atoms with Gasteiger partial charge in [0.2, 0.25) is 5.91 Å². The fraction of sp³-hybridized carbons (Fsp3) is 0.324. The Balaban J connectivity index is 1.41. The van der Waals surface area contributed by atoms with Crippen LogP contribution in [0.3, 0.4) is 0 Å². The molecule has 1 heterocycles. The van der Waals surface area contributed by atoms with Crippen molar-refractivity contribution in [3.05, 3.63) is 112 Å². The topological polar surface area (TPSA) is 84.5 Å². The SMILES string of the molecule is CCOC(=O)c1c(NC(=O)C(Sc2cccc(NC(=O)c3ccc(C)cc3)c2)c2ccccc2)sc2c1CCC(C(C)(C)C)C2. The van der Waals surface area contributed by atoms with Crippen LogP contribution in [0, 0.1) is 18.3 Å². The molecule has 0 spiro atoms. The van der Waals surface area contributed by atoms with Crippen LogP contribution in [-0.2, 0) is 22.4 Å². The minimum Gasteiger partial charge on any atom is -0.462 e. The van der Waals surface area contributed by atoms with E-state index < -0.39 is 5.25 Å². The lowest BCUT2D eigenvalue weighted by Crippen LogP contribution is -2.26. The molecule has 234 valence electrons. The van der Waals surface area contributed by atoms with Crippen molar-refractivity contribution < 1.29 is 19.1 Å². The average Bonchev–Trinajstić information content (AvgIpc) is 3.37. The number of thioether (sulfide) groups is 1. The van der Waals surface area contributed by atoms with Crippen LogP contribution in [0.15, 0.2) is 83.8 Å². The third-order valence-corrected chi connectivity index (χ3v) is 10.6. The number of anilines is 2. The van der Waals surface area contributed by atoms with Gasteiger partial charge in [0.25, 0.3) is 5.91 Å². The molecule has 2 atom stereocenters. The summed E-state index contributed by atoms with van der Waals surface area (Å²) in [5.74, 6) is -0.317. The first kappa shape index (κ1) is 32.5. The lowest BCUT2D eigenvalue weighted by molar-refractivity contribution is -0.115. The summed E-state index contributed by atoms with van der Waals surface area (Å²) in [6.45, 7) is 10.8. The summed E-state index contributed by atoms with van der Waals surface area (Å²) in [7, 11) is 0. The molecule has 0 saturated carbocycles. The zero-order chi connectivity index (χ0) is 32.1. The summed E-state index contributed by atoms with van der Waals surface area (Å²) in [4.78, 5) is 42.2. The van der Waals surface area contributed by atoms with E-state index in [1.54, 1.807) is 19.1 Å². The Labute approximate surface area is 274 Å². The number of carbonyl (C=O) groups excluding carboxylic acids is 3. The van der Waals surface area contributed by atoms with Crippen molar-refractivity contribution in [1.82, 2.24) is 0 Å². The molecule has 6 nitrogen and oxygen atoms in total. The highest BCUT2D eigenvalue weighted by atomic mass is 32.2. The summed E-state index contributed by atoms with van der Waals surface area (Å²) in [6.07, 6.45) is 2.66. The smallest absolute Gasteiger partial charge is 0.341 e. The summed E-state index contributed by atoms with van der Waals surface area (Å²) < 4.78 is 5.47. The van der Waals surface area contributed by atoms with Gasteiger partial charge in [0.1, 0.15) is 10.3 Å². The van der Waals surface area contributed by atoms with Gasteiger partial charge in [-0.2, -0.15) is 0 Å². The number of hydrogen-bond donors (Lipinski definition) is 2. The van der Waals surface area contributed by atoms with Crippen LogP contribution in [-0.4, -0.2) is 24.4 Å². The molecule has 45 heavy (non-hydrogen) atoms. The molecule has 4 aromatic rings. The zero-order valence-electron chi connectivity index (χ0n) is 26.4. The van der Waals surface area contributed by atoms with Gasteiger partial charge in [0.15, 0.2) is 0 Å². The average molecular weight is 641 g/mol. The number of esters is 1. The summed E-state index contributed by atoms with van der Waals surface area (Å²) in [5.41, 5.74) is 4.79. The molecule has 0 aliphatic heterocycles. The molecule has 3 aromatic carbocycles. The van der Waals surface area contributed by atoms with Crippen molar-refractivity contribution in [3.8, 4) is 0 Å². The summed E-state index contributed by atoms with van der Waals surface area (Å²) in [6, 6.07) is 24.5. The number of fused-ring (bicyclic) bond motifs is 1. The zero-order valence-corrected chi connectivity index (χ0v) is 28.1. The molecular formula is C37H40N2O4S2. The van der Waals surface area contributed by atoms with Gasteiger partial charge in [-0.15, -0.1) is 23.1 Å². The van der Waals surface area contributed by atoms with Crippen molar-refractivity contribution in [2.24, 2.45) is 11.3 Å². The van der Waals surface area contributed by atoms with Crippen molar-refractivity contribution in [2.45, 2.75) is 64.0 Å². The number of benzene rings is 3. The number of aryl methyl sites for hydroxylation is 1. The van der Waals surface area contributed by atoms with Crippen molar-refractivity contribution in [1.29, 1.82) is 0 Å². The van der Waals surface area contributed by atoms with Gasteiger partial charge in [-0.1, -0.05) is 74.9 Å². The Hall–Kier alpha value is -3.88. The molecular weight excluding hydrogens is 601 g/mol. The highest BCUT2D eigenvalue weighted by Gasteiger charge is 2.35. The fourth-order valence-electron chi connectivity index (χ4n) is 5.60. The van der Waals surface area contributed by atoms with Crippen LogP contribution in [0.2, 0.25) is 0 Å².